The number of nitrogens with zero attached hydrogens (tertiary/aromatic N) is 6. The number of fused-ring (bicyclic) bond motifs is 1. The number of benzene rings is 2. The number of hydrogen-bond acceptors (Lipinski definition) is 9. The molecule has 3 aromatic heterocycles. The van der Waals surface area contributed by atoms with Gasteiger partial charge in [0.25, 0.3) is 5.56 Å². The van der Waals surface area contributed by atoms with Gasteiger partial charge in [-0.1, -0.05) is 29.8 Å². The molecule has 39 heavy (non-hydrogen) atoms. The monoisotopic (exact) mass is 543 g/mol. The molecule has 1 N–H and O–H groups in total. The second-order valence-electron chi connectivity index (χ2n) is 9.39. The highest BCUT2D eigenvalue weighted by Crippen LogP contribution is 2.31. The van der Waals surface area contributed by atoms with Crippen molar-refractivity contribution in [3.63, 3.8) is 0 Å². The van der Waals surface area contributed by atoms with Crippen molar-refractivity contribution < 1.29 is 9.15 Å². The Morgan fingerprint density at radius 3 is 2.69 bits per heavy atom. The molecule has 11 heteroatoms. The van der Waals surface area contributed by atoms with Gasteiger partial charge in [0.1, 0.15) is 5.65 Å². The lowest BCUT2D eigenvalue weighted by Crippen LogP contribution is -2.35. The second kappa shape index (κ2) is 10.6. The quantitative estimate of drug-likeness (QED) is 0.318. The SMILES string of the molecule is CCn1c(=O)c(-c2ccc(-c3nnco3)cc2Cl)cc2cnc(Nc3ccc(C4CN(C)CCO4)cc3)nc21. The molecule has 0 spiro atoms. The van der Waals surface area contributed by atoms with E-state index in [0.29, 0.717) is 45.7 Å². The van der Waals surface area contributed by atoms with Crippen LogP contribution in [0.2, 0.25) is 5.02 Å². The number of nitrogens with one attached hydrogen (secondary N) is 1. The van der Waals surface area contributed by atoms with Crippen molar-refractivity contribution in [1.82, 2.24) is 29.6 Å². The van der Waals surface area contributed by atoms with Gasteiger partial charge < -0.3 is 19.4 Å². The van der Waals surface area contributed by atoms with Crippen LogP contribution in [0.5, 0.6) is 0 Å². The van der Waals surface area contributed by atoms with Crippen LogP contribution in [0.1, 0.15) is 18.6 Å². The highest BCUT2D eigenvalue weighted by atomic mass is 35.5. The average molecular weight is 544 g/mol. The molecule has 1 unspecified atom stereocenters. The first-order chi connectivity index (χ1) is 19.0. The van der Waals surface area contributed by atoms with Gasteiger partial charge in [-0.05, 0) is 49.9 Å². The highest BCUT2D eigenvalue weighted by Gasteiger charge is 2.20. The number of anilines is 2. The number of ether oxygens (including phenoxy) is 1. The summed E-state index contributed by atoms with van der Waals surface area (Å²) in [6.07, 6.45) is 3.02. The van der Waals surface area contributed by atoms with Crippen molar-refractivity contribution in [3.8, 4) is 22.6 Å². The fraction of sp³-hybridized carbons (Fsp3) is 0.250. The number of rotatable bonds is 6. The molecule has 1 saturated heterocycles. The second-order valence-corrected chi connectivity index (χ2v) is 9.79. The minimum Gasteiger partial charge on any atom is -0.423 e. The van der Waals surface area contributed by atoms with Crippen LogP contribution >= 0.6 is 11.6 Å². The van der Waals surface area contributed by atoms with Crippen LogP contribution in [0, 0.1) is 0 Å². The van der Waals surface area contributed by atoms with Crippen molar-refractivity contribution in [3.05, 3.63) is 82.1 Å². The Morgan fingerprint density at radius 2 is 1.97 bits per heavy atom. The zero-order valence-corrected chi connectivity index (χ0v) is 22.2. The lowest BCUT2D eigenvalue weighted by molar-refractivity contribution is -0.0208. The van der Waals surface area contributed by atoms with E-state index in [1.54, 1.807) is 35.0 Å². The van der Waals surface area contributed by atoms with Crippen LogP contribution in [0.15, 0.2) is 70.3 Å². The standard InChI is InChI=1S/C28H26ClN7O3/c1-3-36-25-19(12-22(27(36)37)21-9-6-18(13-23(21)29)26-34-31-16-39-26)14-30-28(33-25)32-20-7-4-17(5-8-20)24-15-35(2)10-11-38-24/h4-9,12-14,16,24H,3,10-11,15H2,1-2H3,(H,30,32,33). The zero-order valence-electron chi connectivity index (χ0n) is 21.5. The van der Waals surface area contributed by atoms with Crippen LogP contribution in [0.3, 0.4) is 0 Å². The summed E-state index contributed by atoms with van der Waals surface area (Å²) in [5, 5.41) is 12.0. The van der Waals surface area contributed by atoms with Crippen LogP contribution in [-0.2, 0) is 11.3 Å². The number of aromatic nitrogens is 5. The molecule has 6 rings (SSSR count). The lowest BCUT2D eigenvalue weighted by Gasteiger charge is -2.30. The molecule has 0 saturated carbocycles. The number of halogens is 1. The van der Waals surface area contributed by atoms with E-state index in [2.05, 4.69) is 49.6 Å². The molecule has 4 heterocycles. The van der Waals surface area contributed by atoms with E-state index < -0.39 is 0 Å². The van der Waals surface area contributed by atoms with E-state index >= 15 is 0 Å². The topological polar surface area (TPSA) is 111 Å². The molecule has 5 aromatic rings. The Hall–Kier alpha value is -4.12. The third-order valence-corrected chi connectivity index (χ3v) is 7.13. The van der Waals surface area contributed by atoms with E-state index in [4.69, 9.17) is 20.8 Å². The Morgan fingerprint density at radius 1 is 1.13 bits per heavy atom. The molecule has 1 aliphatic heterocycles. The molecule has 198 valence electrons. The van der Waals surface area contributed by atoms with Gasteiger partial charge >= 0.3 is 0 Å². The zero-order chi connectivity index (χ0) is 26.9. The van der Waals surface area contributed by atoms with Gasteiger partial charge in [-0.15, -0.1) is 10.2 Å². The molecule has 0 amide bonds. The fourth-order valence-electron chi connectivity index (χ4n) is 4.76. The first-order valence-electron chi connectivity index (χ1n) is 12.6. The summed E-state index contributed by atoms with van der Waals surface area (Å²) < 4.78 is 12.8. The minimum atomic E-state index is -0.191. The average Bonchev–Trinajstić information content (AvgIpc) is 3.49. The molecule has 10 nitrogen and oxygen atoms in total. The summed E-state index contributed by atoms with van der Waals surface area (Å²) in [4.78, 5) is 25.0. The molecular formula is C28H26ClN7O3. The summed E-state index contributed by atoms with van der Waals surface area (Å²) in [5.41, 5.74) is 4.05. The molecular weight excluding hydrogens is 518 g/mol. The van der Waals surface area contributed by atoms with Crippen molar-refractivity contribution in [1.29, 1.82) is 0 Å². The number of morpholine rings is 1. The molecule has 0 radical (unpaired) electrons. The van der Waals surface area contributed by atoms with Gasteiger partial charge in [0.15, 0.2) is 0 Å². The Labute approximate surface area is 229 Å². The van der Waals surface area contributed by atoms with Crippen molar-refractivity contribution in [2.24, 2.45) is 0 Å². The third-order valence-electron chi connectivity index (χ3n) is 6.82. The Balaban J connectivity index is 1.29. The summed E-state index contributed by atoms with van der Waals surface area (Å²) in [6.45, 7) is 4.88. The highest BCUT2D eigenvalue weighted by molar-refractivity contribution is 6.33. The van der Waals surface area contributed by atoms with Gasteiger partial charge in [0.05, 0.1) is 12.7 Å². The molecule has 1 fully saturated rings. The number of pyridine rings is 1. The summed E-state index contributed by atoms with van der Waals surface area (Å²) >= 11 is 6.59. The third kappa shape index (κ3) is 5.01. The van der Waals surface area contributed by atoms with Crippen LogP contribution in [0.25, 0.3) is 33.6 Å². The van der Waals surface area contributed by atoms with E-state index in [9.17, 15) is 4.79 Å². The van der Waals surface area contributed by atoms with Crippen LogP contribution in [-0.4, -0.2) is 56.4 Å². The summed E-state index contributed by atoms with van der Waals surface area (Å²) in [6, 6.07) is 15.1. The van der Waals surface area contributed by atoms with E-state index in [1.165, 1.54) is 6.39 Å². The molecule has 0 aliphatic carbocycles. The van der Waals surface area contributed by atoms with Crippen LogP contribution in [0.4, 0.5) is 11.6 Å². The maximum Gasteiger partial charge on any atom is 0.260 e. The largest absolute Gasteiger partial charge is 0.423 e. The maximum atomic E-state index is 13.5. The predicted octanol–water partition coefficient (Wildman–Crippen LogP) is 4.93. The van der Waals surface area contributed by atoms with Gasteiger partial charge in [-0.25, -0.2) is 4.98 Å². The summed E-state index contributed by atoms with van der Waals surface area (Å²) in [5.74, 6) is 0.756. The number of hydrogen-bond donors (Lipinski definition) is 1. The van der Waals surface area contributed by atoms with Crippen molar-refractivity contribution in [2.75, 3.05) is 32.1 Å². The van der Waals surface area contributed by atoms with Gasteiger partial charge in [-0.3, -0.25) is 9.36 Å². The fourth-order valence-corrected chi connectivity index (χ4v) is 5.04. The number of likely N-dealkylation sites (N-methyl/N-ethyl adjacent to an activating group) is 1. The Bertz CT molecular complexity index is 1690. The summed E-state index contributed by atoms with van der Waals surface area (Å²) in [7, 11) is 2.10. The van der Waals surface area contributed by atoms with Gasteiger partial charge in [0, 0.05) is 58.6 Å². The number of aryl methyl sites for hydroxylation is 1. The van der Waals surface area contributed by atoms with Crippen molar-refractivity contribution in [2.45, 2.75) is 19.6 Å². The van der Waals surface area contributed by atoms with Crippen molar-refractivity contribution >= 4 is 34.3 Å². The van der Waals surface area contributed by atoms with E-state index in [-0.39, 0.29) is 11.7 Å². The minimum absolute atomic E-state index is 0.0615. The molecule has 1 atom stereocenters. The molecule has 2 aromatic carbocycles. The molecule has 0 bridgehead atoms. The maximum absolute atomic E-state index is 13.5. The molecule has 1 aliphatic rings. The first kappa shape index (κ1) is 25.2. The van der Waals surface area contributed by atoms with Crippen LogP contribution < -0.4 is 10.9 Å². The lowest BCUT2D eigenvalue weighted by atomic mass is 10.0. The Kier molecular flexibility index (Phi) is 6.82. The smallest absolute Gasteiger partial charge is 0.260 e. The first-order valence-corrected chi connectivity index (χ1v) is 13.0. The predicted molar refractivity (Wildman–Crippen MR) is 149 cm³/mol. The van der Waals surface area contributed by atoms with Gasteiger partial charge in [0.2, 0.25) is 18.2 Å². The van der Waals surface area contributed by atoms with E-state index in [1.807, 2.05) is 19.1 Å². The van der Waals surface area contributed by atoms with E-state index in [0.717, 1.165) is 36.3 Å². The van der Waals surface area contributed by atoms with Gasteiger partial charge in [-0.2, -0.15) is 4.98 Å². The normalized spacial score (nSPS) is 16.0.